The van der Waals surface area contributed by atoms with Crippen LogP contribution >= 0.6 is 11.6 Å². The molecule has 128 valence electrons. The first-order chi connectivity index (χ1) is 11.5. The maximum atomic E-state index is 12.8. The quantitative estimate of drug-likeness (QED) is 0.774. The Balaban J connectivity index is 2.21. The van der Waals surface area contributed by atoms with Gasteiger partial charge in [-0.15, -0.1) is 0 Å². The Labute approximate surface area is 147 Å². The predicted octanol–water partition coefficient (Wildman–Crippen LogP) is 4.64. The van der Waals surface area contributed by atoms with Crippen LogP contribution in [0.25, 0.3) is 0 Å². The highest BCUT2D eigenvalue weighted by atomic mass is 35.5. The van der Waals surface area contributed by atoms with Crippen molar-refractivity contribution in [1.82, 2.24) is 5.01 Å². The van der Waals surface area contributed by atoms with E-state index in [-0.39, 0.29) is 6.03 Å². The maximum absolute atomic E-state index is 12.8. The predicted molar refractivity (Wildman–Crippen MR) is 98.9 cm³/mol. The first kappa shape index (κ1) is 18.1. The van der Waals surface area contributed by atoms with E-state index < -0.39 is 0 Å². The van der Waals surface area contributed by atoms with E-state index in [1.54, 1.807) is 43.4 Å². The molecule has 1 N–H and O–H groups in total. The molecular formula is C18H22ClN3O2. The molecule has 0 aliphatic carbocycles. The molecule has 0 aliphatic heterocycles. The molecule has 0 spiro atoms. The number of anilines is 2. The number of carbonyl (C=O) groups is 1. The number of urea groups is 1. The van der Waals surface area contributed by atoms with E-state index >= 15 is 0 Å². The number of carbonyl (C=O) groups excluding carboxylic acids is 1. The molecule has 0 saturated heterocycles. The molecule has 2 rings (SSSR count). The van der Waals surface area contributed by atoms with Gasteiger partial charge in [-0.05, 0) is 42.8 Å². The normalized spacial score (nSPS) is 10.5. The number of rotatable bonds is 6. The third-order valence-corrected chi connectivity index (χ3v) is 3.51. The van der Waals surface area contributed by atoms with Crippen molar-refractivity contribution in [2.75, 3.05) is 31.0 Å². The number of para-hydroxylation sites is 2. The van der Waals surface area contributed by atoms with E-state index in [0.29, 0.717) is 28.8 Å². The molecule has 0 radical (unpaired) electrons. The van der Waals surface area contributed by atoms with Crippen LogP contribution in [0.15, 0.2) is 48.5 Å². The van der Waals surface area contributed by atoms with Gasteiger partial charge in [-0.2, -0.15) is 0 Å². The Morgan fingerprint density at radius 3 is 2.42 bits per heavy atom. The number of nitrogens with zero attached hydrogens (tertiary/aromatic N) is 2. The van der Waals surface area contributed by atoms with Gasteiger partial charge in [0, 0.05) is 19.1 Å². The van der Waals surface area contributed by atoms with Gasteiger partial charge in [0.05, 0.1) is 18.0 Å². The van der Waals surface area contributed by atoms with Crippen LogP contribution in [-0.2, 0) is 0 Å². The molecule has 0 bridgehead atoms. The van der Waals surface area contributed by atoms with Gasteiger partial charge in [0.15, 0.2) is 0 Å². The fourth-order valence-corrected chi connectivity index (χ4v) is 2.31. The van der Waals surface area contributed by atoms with Crippen molar-refractivity contribution in [2.24, 2.45) is 0 Å². The minimum absolute atomic E-state index is 0.283. The Hall–Kier alpha value is -2.24. The van der Waals surface area contributed by atoms with Crippen molar-refractivity contribution in [3.63, 3.8) is 0 Å². The zero-order valence-corrected chi connectivity index (χ0v) is 14.9. The first-order valence-corrected chi connectivity index (χ1v) is 8.16. The van der Waals surface area contributed by atoms with Crippen molar-refractivity contribution in [3.05, 3.63) is 53.6 Å². The number of ether oxygens (including phenoxy) is 1. The van der Waals surface area contributed by atoms with Gasteiger partial charge in [0.2, 0.25) is 0 Å². The molecule has 0 fully saturated rings. The molecule has 24 heavy (non-hydrogen) atoms. The van der Waals surface area contributed by atoms with Gasteiger partial charge < -0.3 is 10.1 Å². The molecule has 0 atom stereocenters. The lowest BCUT2D eigenvalue weighted by Crippen LogP contribution is -2.44. The Morgan fingerprint density at radius 2 is 1.79 bits per heavy atom. The minimum Gasteiger partial charge on any atom is -0.491 e. The van der Waals surface area contributed by atoms with Crippen molar-refractivity contribution in [3.8, 4) is 5.75 Å². The summed E-state index contributed by atoms with van der Waals surface area (Å²) in [6, 6.07) is 14.2. The fraction of sp³-hybridized carbons (Fsp3) is 0.278. The van der Waals surface area contributed by atoms with Crippen molar-refractivity contribution in [2.45, 2.75) is 13.3 Å². The topological polar surface area (TPSA) is 44.8 Å². The van der Waals surface area contributed by atoms with E-state index in [0.717, 1.165) is 6.42 Å². The van der Waals surface area contributed by atoms with Crippen LogP contribution in [0.3, 0.4) is 0 Å². The van der Waals surface area contributed by atoms with Crippen LogP contribution in [0.5, 0.6) is 5.75 Å². The van der Waals surface area contributed by atoms with E-state index in [4.69, 9.17) is 16.3 Å². The number of hydrazine groups is 1. The second-order valence-electron chi connectivity index (χ2n) is 5.41. The van der Waals surface area contributed by atoms with Crippen molar-refractivity contribution >= 4 is 29.0 Å². The molecule has 0 unspecified atom stereocenters. The number of halogens is 1. The summed E-state index contributed by atoms with van der Waals surface area (Å²) >= 11 is 5.93. The second kappa shape index (κ2) is 8.57. The van der Waals surface area contributed by atoms with Gasteiger partial charge in [-0.3, -0.25) is 0 Å². The van der Waals surface area contributed by atoms with Crippen LogP contribution in [0.1, 0.15) is 13.3 Å². The molecule has 0 saturated carbocycles. The van der Waals surface area contributed by atoms with Crippen LogP contribution < -0.4 is 15.1 Å². The molecule has 0 aliphatic rings. The second-order valence-corrected chi connectivity index (χ2v) is 5.85. The van der Waals surface area contributed by atoms with Crippen LogP contribution in [0.2, 0.25) is 5.02 Å². The Morgan fingerprint density at radius 1 is 1.12 bits per heavy atom. The Kier molecular flexibility index (Phi) is 6.46. The highest BCUT2D eigenvalue weighted by Crippen LogP contribution is 2.26. The van der Waals surface area contributed by atoms with Gasteiger partial charge in [-0.1, -0.05) is 30.7 Å². The van der Waals surface area contributed by atoms with Crippen molar-refractivity contribution < 1.29 is 9.53 Å². The average Bonchev–Trinajstić information content (AvgIpc) is 2.56. The third-order valence-electron chi connectivity index (χ3n) is 3.25. The largest absolute Gasteiger partial charge is 0.491 e. The SMILES string of the molecule is CCCOc1ccccc1NC(=O)N(c1ccc(Cl)cc1)N(C)C. The Bertz CT molecular complexity index is 674. The molecular weight excluding hydrogens is 326 g/mol. The number of hydrogen-bond donors (Lipinski definition) is 1. The van der Waals surface area contributed by atoms with Gasteiger partial charge >= 0.3 is 6.03 Å². The van der Waals surface area contributed by atoms with Gasteiger partial charge in [0.25, 0.3) is 0 Å². The van der Waals surface area contributed by atoms with Crippen LogP contribution in [0, 0.1) is 0 Å². The average molecular weight is 348 g/mol. The molecule has 0 heterocycles. The minimum atomic E-state index is -0.283. The zero-order chi connectivity index (χ0) is 17.5. The summed E-state index contributed by atoms with van der Waals surface area (Å²) in [4.78, 5) is 12.8. The number of hydrogen-bond acceptors (Lipinski definition) is 3. The standard InChI is InChI=1S/C18H22ClN3O2/c1-4-13-24-17-8-6-5-7-16(17)20-18(23)22(21(2)3)15-11-9-14(19)10-12-15/h5-12H,4,13H2,1-3H3,(H,20,23). The summed E-state index contributed by atoms with van der Waals surface area (Å²) in [5.74, 6) is 0.655. The lowest BCUT2D eigenvalue weighted by molar-refractivity contribution is 0.242. The number of nitrogens with one attached hydrogen (secondary N) is 1. The molecule has 5 nitrogen and oxygen atoms in total. The van der Waals surface area contributed by atoms with E-state index in [9.17, 15) is 4.79 Å². The third kappa shape index (κ3) is 4.63. The zero-order valence-electron chi connectivity index (χ0n) is 14.1. The van der Waals surface area contributed by atoms with Crippen LogP contribution in [0.4, 0.5) is 16.2 Å². The number of amides is 2. The molecule has 6 heteroatoms. The summed E-state index contributed by atoms with van der Waals surface area (Å²) in [6.45, 7) is 2.64. The highest BCUT2D eigenvalue weighted by molar-refractivity contribution is 6.30. The summed E-state index contributed by atoms with van der Waals surface area (Å²) in [5, 5.41) is 6.75. The smallest absolute Gasteiger partial charge is 0.341 e. The summed E-state index contributed by atoms with van der Waals surface area (Å²) in [7, 11) is 3.60. The van der Waals surface area contributed by atoms with Crippen LogP contribution in [-0.4, -0.2) is 31.7 Å². The molecule has 2 aromatic carbocycles. The van der Waals surface area contributed by atoms with Crippen molar-refractivity contribution in [1.29, 1.82) is 0 Å². The number of benzene rings is 2. The van der Waals surface area contributed by atoms with E-state index in [1.165, 1.54) is 5.01 Å². The molecule has 2 amide bonds. The maximum Gasteiger partial charge on any atom is 0.341 e. The summed E-state index contributed by atoms with van der Waals surface area (Å²) in [6.07, 6.45) is 0.900. The van der Waals surface area contributed by atoms with E-state index in [2.05, 4.69) is 5.32 Å². The summed E-state index contributed by atoms with van der Waals surface area (Å²) < 4.78 is 5.68. The monoisotopic (exact) mass is 347 g/mol. The fourth-order valence-electron chi connectivity index (χ4n) is 2.19. The van der Waals surface area contributed by atoms with E-state index in [1.807, 2.05) is 31.2 Å². The lowest BCUT2D eigenvalue weighted by atomic mass is 10.3. The highest BCUT2D eigenvalue weighted by Gasteiger charge is 2.19. The van der Waals surface area contributed by atoms with Gasteiger partial charge in [0.1, 0.15) is 5.75 Å². The van der Waals surface area contributed by atoms with Gasteiger partial charge in [-0.25, -0.2) is 14.8 Å². The summed E-state index contributed by atoms with van der Waals surface area (Å²) in [5.41, 5.74) is 1.35. The lowest BCUT2D eigenvalue weighted by Gasteiger charge is -2.29. The molecule has 2 aromatic rings. The molecule has 0 aromatic heterocycles. The first-order valence-electron chi connectivity index (χ1n) is 7.78.